The molecule has 2 fully saturated rings. The number of piperazine rings is 1. The number of Topliss-reactive ketones (excluding diaryl/α,β-unsaturated/α-hetero) is 1. The third kappa shape index (κ3) is 8.45. The van der Waals surface area contributed by atoms with Gasteiger partial charge in [-0.1, -0.05) is 0 Å². The number of aromatic nitrogens is 2. The van der Waals surface area contributed by atoms with E-state index >= 15 is 0 Å². The van der Waals surface area contributed by atoms with Gasteiger partial charge in [0.2, 0.25) is 11.7 Å². The highest BCUT2D eigenvalue weighted by molar-refractivity contribution is 5.81. The zero-order valence-corrected chi connectivity index (χ0v) is 19.5. The Hall–Kier alpha value is -3.26. The maximum atomic E-state index is 12.3. The van der Waals surface area contributed by atoms with Crippen molar-refractivity contribution in [2.75, 3.05) is 67.6 Å². The summed E-state index contributed by atoms with van der Waals surface area (Å²) in [6.45, 7) is 4.25. The van der Waals surface area contributed by atoms with Gasteiger partial charge < -0.3 is 29.9 Å². The van der Waals surface area contributed by atoms with Crippen LogP contribution in [-0.2, 0) is 9.53 Å². The van der Waals surface area contributed by atoms with Gasteiger partial charge in [0.15, 0.2) is 0 Å². The third-order valence-corrected chi connectivity index (χ3v) is 5.23. The number of morpholine rings is 1. The molecule has 0 bridgehead atoms. The number of carbonyl (C=O) groups excluding carboxylic acids is 1. The topological polar surface area (TPSA) is 91.9 Å². The average Bonchev–Trinajstić information content (AvgIpc) is 2.86. The van der Waals surface area contributed by atoms with E-state index in [1.807, 2.05) is 6.07 Å². The van der Waals surface area contributed by atoms with Crippen LogP contribution in [0.25, 0.3) is 0 Å². The van der Waals surface area contributed by atoms with E-state index in [0.29, 0.717) is 31.6 Å². The molecule has 2 N–H and O–H groups in total. The molecule has 2 aromatic rings. The van der Waals surface area contributed by atoms with Crippen LogP contribution in [0.3, 0.4) is 0 Å². The third-order valence-electron chi connectivity index (χ3n) is 5.23. The Morgan fingerprint density at radius 2 is 1.78 bits per heavy atom. The van der Waals surface area contributed by atoms with Crippen LogP contribution in [-0.4, -0.2) is 81.0 Å². The number of nitrogens with zero attached hydrogens (tertiary/aromatic N) is 4. The van der Waals surface area contributed by atoms with Crippen molar-refractivity contribution in [1.29, 1.82) is 0 Å². The Morgan fingerprint density at radius 3 is 2.33 bits per heavy atom. The lowest BCUT2D eigenvalue weighted by Gasteiger charge is -2.32. The number of ketones is 1. The number of rotatable bonds is 6. The smallest absolute Gasteiger partial charge is 0.417 e. The molecule has 0 atom stereocenters. The minimum absolute atomic E-state index is 0.123. The summed E-state index contributed by atoms with van der Waals surface area (Å²) in [4.78, 5) is 22.5. The van der Waals surface area contributed by atoms with Crippen LogP contribution in [0.1, 0.15) is 6.92 Å². The molecule has 198 valence electrons. The van der Waals surface area contributed by atoms with E-state index in [1.54, 1.807) is 6.07 Å². The predicted octanol–water partition coefficient (Wildman–Crippen LogP) is 3.21. The summed E-state index contributed by atoms with van der Waals surface area (Å²) in [5.41, 5.74) is 1.74. The van der Waals surface area contributed by atoms with Crippen LogP contribution >= 0.6 is 0 Å². The molecule has 0 aliphatic carbocycles. The molecule has 2 saturated heterocycles. The lowest BCUT2D eigenvalue weighted by atomic mass is 10.2. The second-order valence-electron chi connectivity index (χ2n) is 7.85. The Labute approximate surface area is 204 Å². The fourth-order valence-electron chi connectivity index (χ4n) is 3.39. The normalized spacial score (nSPS) is 16.3. The number of nitrogens with one attached hydrogen (secondary N) is 2. The Balaban J connectivity index is 0.000000454. The molecule has 14 heteroatoms. The highest BCUT2D eigenvalue weighted by Gasteiger charge is 2.33. The van der Waals surface area contributed by atoms with Gasteiger partial charge in [0, 0.05) is 70.1 Å². The van der Waals surface area contributed by atoms with Gasteiger partial charge in [-0.2, -0.15) is 22.0 Å². The molecule has 2 aliphatic rings. The first-order valence-corrected chi connectivity index (χ1v) is 11.2. The van der Waals surface area contributed by atoms with Crippen LogP contribution in [0.5, 0.6) is 5.88 Å². The summed E-state index contributed by atoms with van der Waals surface area (Å²) in [6, 6.07) is 7.15. The molecule has 36 heavy (non-hydrogen) atoms. The Bertz CT molecular complexity index is 945. The molecule has 2 aromatic heterocycles. The van der Waals surface area contributed by atoms with Gasteiger partial charge in [0.05, 0.1) is 25.1 Å². The number of halogens is 5. The van der Waals surface area contributed by atoms with E-state index in [0.717, 1.165) is 50.8 Å². The number of carbonyl (C=O) groups is 1. The van der Waals surface area contributed by atoms with Crippen LogP contribution < -0.4 is 25.2 Å². The highest BCUT2D eigenvalue weighted by Crippen LogP contribution is 2.28. The van der Waals surface area contributed by atoms with Gasteiger partial charge in [-0.3, -0.25) is 4.79 Å². The summed E-state index contributed by atoms with van der Waals surface area (Å²) in [5, 5.41) is 6.59. The molecule has 4 rings (SSSR count). The SMILES string of the molecule is CC(=O)C(F)(F)F.FC(F)Oc1ccc(Nc2cc(N3CCNCC3)cc(N3CCOCC3)n2)cn1. The Kier molecular flexibility index (Phi) is 9.58. The van der Waals surface area contributed by atoms with E-state index in [9.17, 15) is 26.7 Å². The average molecular weight is 518 g/mol. The fourth-order valence-corrected chi connectivity index (χ4v) is 3.39. The number of anilines is 4. The van der Waals surface area contributed by atoms with Gasteiger partial charge in [-0.05, 0) is 6.07 Å². The van der Waals surface area contributed by atoms with Gasteiger partial charge in [-0.25, -0.2) is 9.97 Å². The fraction of sp³-hybridized carbons (Fsp3) is 0.500. The second-order valence-corrected chi connectivity index (χ2v) is 7.85. The first-order valence-electron chi connectivity index (χ1n) is 11.2. The van der Waals surface area contributed by atoms with Crippen LogP contribution in [0.2, 0.25) is 0 Å². The maximum Gasteiger partial charge on any atom is 0.449 e. The zero-order valence-electron chi connectivity index (χ0n) is 19.5. The molecule has 0 spiro atoms. The van der Waals surface area contributed by atoms with Crippen molar-refractivity contribution in [3.63, 3.8) is 0 Å². The van der Waals surface area contributed by atoms with Crippen molar-refractivity contribution in [1.82, 2.24) is 15.3 Å². The van der Waals surface area contributed by atoms with Crippen molar-refractivity contribution in [3.8, 4) is 5.88 Å². The van der Waals surface area contributed by atoms with Gasteiger partial charge in [0.1, 0.15) is 11.6 Å². The molecule has 0 aromatic carbocycles. The van der Waals surface area contributed by atoms with Gasteiger partial charge >= 0.3 is 12.8 Å². The number of hydrogen-bond acceptors (Lipinski definition) is 9. The molecule has 2 aliphatic heterocycles. The molecule has 4 heterocycles. The van der Waals surface area contributed by atoms with Crippen molar-refractivity contribution in [3.05, 3.63) is 30.5 Å². The van der Waals surface area contributed by atoms with Crippen LogP contribution in [0.15, 0.2) is 30.5 Å². The van der Waals surface area contributed by atoms with Crippen LogP contribution in [0.4, 0.5) is 45.0 Å². The van der Waals surface area contributed by atoms with Gasteiger partial charge in [0.25, 0.3) is 0 Å². The van der Waals surface area contributed by atoms with E-state index < -0.39 is 18.6 Å². The van der Waals surface area contributed by atoms with E-state index in [4.69, 9.17) is 9.72 Å². The number of ether oxygens (including phenoxy) is 2. The summed E-state index contributed by atoms with van der Waals surface area (Å²) in [7, 11) is 0. The van der Waals surface area contributed by atoms with E-state index in [-0.39, 0.29) is 5.88 Å². The summed E-state index contributed by atoms with van der Waals surface area (Å²) < 4.78 is 66.8. The van der Waals surface area contributed by atoms with Crippen molar-refractivity contribution >= 4 is 28.8 Å². The number of pyridine rings is 2. The van der Waals surface area contributed by atoms with Crippen molar-refractivity contribution in [2.45, 2.75) is 19.7 Å². The monoisotopic (exact) mass is 518 g/mol. The highest BCUT2D eigenvalue weighted by atomic mass is 19.4. The lowest BCUT2D eigenvalue weighted by molar-refractivity contribution is -0.168. The molecule has 9 nitrogen and oxygen atoms in total. The standard InChI is InChI=1S/C19H24F2N6O2.C3H3F3O/c20-19(21)29-18-2-1-14(13-23-18)24-16-11-15(26-5-3-22-4-6-26)12-17(25-16)27-7-9-28-10-8-27;1-2(7)3(4,5)6/h1-2,11-13,19,22H,3-10H2,(H,24,25);1H3. The van der Waals surface area contributed by atoms with Gasteiger partial charge in [-0.15, -0.1) is 0 Å². The second kappa shape index (κ2) is 12.6. The molecule has 0 saturated carbocycles. The summed E-state index contributed by atoms with van der Waals surface area (Å²) in [6.07, 6.45) is -3.19. The maximum absolute atomic E-state index is 12.3. The van der Waals surface area contributed by atoms with Crippen molar-refractivity contribution < 1.29 is 36.2 Å². The number of hydrogen-bond donors (Lipinski definition) is 2. The lowest BCUT2D eigenvalue weighted by Crippen LogP contribution is -2.43. The van der Waals surface area contributed by atoms with Crippen LogP contribution in [0, 0.1) is 0 Å². The van der Waals surface area contributed by atoms with E-state index in [2.05, 4.69) is 36.2 Å². The molecular weight excluding hydrogens is 491 g/mol. The molecule has 0 radical (unpaired) electrons. The minimum Gasteiger partial charge on any atom is -0.417 e. The zero-order chi connectivity index (χ0) is 26.1. The first-order chi connectivity index (χ1) is 17.1. The minimum atomic E-state index is -4.64. The largest absolute Gasteiger partial charge is 0.449 e. The predicted molar refractivity (Wildman–Crippen MR) is 123 cm³/mol. The molecule has 0 amide bonds. The van der Waals surface area contributed by atoms with E-state index in [1.165, 1.54) is 12.3 Å². The molecule has 0 unspecified atom stereocenters. The Morgan fingerprint density at radius 1 is 1.11 bits per heavy atom. The first kappa shape index (κ1) is 27.3. The van der Waals surface area contributed by atoms with Crippen molar-refractivity contribution in [2.24, 2.45) is 0 Å². The molecular formula is C22H27F5N6O3. The quantitative estimate of drug-likeness (QED) is 0.560. The summed E-state index contributed by atoms with van der Waals surface area (Å²) >= 11 is 0. The summed E-state index contributed by atoms with van der Waals surface area (Å²) in [5.74, 6) is -0.320. The number of alkyl halides is 5.